The van der Waals surface area contributed by atoms with E-state index in [1.54, 1.807) is 6.07 Å². The Morgan fingerprint density at radius 3 is 2.79 bits per heavy atom. The second-order valence-electron chi connectivity index (χ2n) is 4.68. The predicted octanol–water partition coefficient (Wildman–Crippen LogP) is 2.14. The SMILES string of the molecule is CN1CCC(Nc2ccc(OCC(F)(F)F)nc2)C1. The maximum Gasteiger partial charge on any atom is 0.422 e. The lowest BCUT2D eigenvalue weighted by Gasteiger charge is -2.14. The topological polar surface area (TPSA) is 37.4 Å². The van der Waals surface area contributed by atoms with E-state index in [0.29, 0.717) is 6.04 Å². The lowest BCUT2D eigenvalue weighted by atomic mass is 10.2. The van der Waals surface area contributed by atoms with Gasteiger partial charge in [-0.1, -0.05) is 0 Å². The number of hydrogen-bond acceptors (Lipinski definition) is 4. The van der Waals surface area contributed by atoms with Gasteiger partial charge in [-0.15, -0.1) is 0 Å². The minimum atomic E-state index is -4.34. The third kappa shape index (κ3) is 4.59. The Hall–Kier alpha value is -1.50. The molecule has 2 heterocycles. The first-order valence-corrected chi connectivity index (χ1v) is 6.03. The molecule has 4 nitrogen and oxygen atoms in total. The summed E-state index contributed by atoms with van der Waals surface area (Å²) in [5, 5.41) is 3.29. The van der Waals surface area contributed by atoms with Crippen LogP contribution in [0.15, 0.2) is 18.3 Å². The third-order valence-corrected chi connectivity index (χ3v) is 2.88. The van der Waals surface area contributed by atoms with Crippen molar-refractivity contribution in [1.82, 2.24) is 9.88 Å². The van der Waals surface area contributed by atoms with Crippen LogP contribution in [-0.4, -0.2) is 48.8 Å². The standard InChI is InChI=1S/C12H16F3N3O/c1-18-5-4-10(7-18)17-9-2-3-11(16-6-9)19-8-12(13,14)15/h2-3,6,10,17H,4-5,7-8H2,1H3. The number of nitrogens with zero attached hydrogens (tertiary/aromatic N) is 2. The van der Waals surface area contributed by atoms with Gasteiger partial charge in [-0.25, -0.2) is 4.98 Å². The number of aromatic nitrogens is 1. The van der Waals surface area contributed by atoms with E-state index in [1.807, 2.05) is 7.05 Å². The van der Waals surface area contributed by atoms with Crippen molar-refractivity contribution in [2.24, 2.45) is 0 Å². The van der Waals surface area contributed by atoms with Gasteiger partial charge in [-0.2, -0.15) is 13.2 Å². The van der Waals surface area contributed by atoms with Crippen LogP contribution in [0, 0.1) is 0 Å². The Bertz CT molecular complexity index is 408. The van der Waals surface area contributed by atoms with Crippen LogP contribution >= 0.6 is 0 Å². The summed E-state index contributed by atoms with van der Waals surface area (Å²) in [6, 6.07) is 3.47. The Kier molecular flexibility index (Phi) is 4.14. The Morgan fingerprint density at radius 1 is 1.47 bits per heavy atom. The van der Waals surface area contributed by atoms with Gasteiger partial charge in [0, 0.05) is 18.7 Å². The highest BCUT2D eigenvalue weighted by molar-refractivity contribution is 5.43. The van der Waals surface area contributed by atoms with E-state index < -0.39 is 12.8 Å². The van der Waals surface area contributed by atoms with Crippen LogP contribution in [0.3, 0.4) is 0 Å². The second-order valence-corrected chi connectivity index (χ2v) is 4.68. The van der Waals surface area contributed by atoms with Crippen LogP contribution in [0.5, 0.6) is 5.88 Å². The lowest BCUT2D eigenvalue weighted by molar-refractivity contribution is -0.154. The molecular weight excluding hydrogens is 259 g/mol. The average molecular weight is 275 g/mol. The molecule has 1 unspecified atom stereocenters. The summed E-state index contributed by atoms with van der Waals surface area (Å²) >= 11 is 0. The van der Waals surface area contributed by atoms with Crippen molar-refractivity contribution in [2.45, 2.75) is 18.6 Å². The number of likely N-dealkylation sites (tertiary alicyclic amines) is 1. The number of alkyl halides is 3. The molecule has 0 aliphatic carbocycles. The zero-order valence-electron chi connectivity index (χ0n) is 10.6. The molecule has 1 aromatic rings. The molecule has 7 heteroatoms. The van der Waals surface area contributed by atoms with Crippen molar-refractivity contribution in [1.29, 1.82) is 0 Å². The molecular formula is C12H16F3N3O. The Morgan fingerprint density at radius 2 is 2.26 bits per heavy atom. The molecule has 0 spiro atoms. The fraction of sp³-hybridized carbons (Fsp3) is 0.583. The molecule has 1 aliphatic rings. The fourth-order valence-electron chi connectivity index (χ4n) is 2.00. The summed E-state index contributed by atoms with van der Waals surface area (Å²) in [6.45, 7) is 0.671. The van der Waals surface area contributed by atoms with Gasteiger partial charge in [0.2, 0.25) is 5.88 Å². The zero-order valence-corrected chi connectivity index (χ0v) is 10.6. The predicted molar refractivity (Wildman–Crippen MR) is 65.3 cm³/mol. The van der Waals surface area contributed by atoms with Gasteiger partial charge in [0.15, 0.2) is 6.61 Å². The fourth-order valence-corrected chi connectivity index (χ4v) is 2.00. The molecule has 0 radical (unpaired) electrons. The minimum Gasteiger partial charge on any atom is -0.468 e. The summed E-state index contributed by atoms with van der Waals surface area (Å²) in [7, 11) is 2.05. The van der Waals surface area contributed by atoms with Crippen molar-refractivity contribution < 1.29 is 17.9 Å². The van der Waals surface area contributed by atoms with Gasteiger partial charge in [-0.05, 0) is 26.1 Å². The highest BCUT2D eigenvalue weighted by atomic mass is 19.4. The van der Waals surface area contributed by atoms with Crippen molar-refractivity contribution in [3.8, 4) is 5.88 Å². The first-order chi connectivity index (χ1) is 8.92. The Balaban J connectivity index is 1.84. The molecule has 106 valence electrons. The minimum absolute atomic E-state index is 0.0218. The first kappa shape index (κ1) is 13.9. The number of anilines is 1. The molecule has 0 bridgehead atoms. The summed E-state index contributed by atoms with van der Waals surface area (Å²) in [5.41, 5.74) is 0.791. The lowest BCUT2D eigenvalue weighted by Crippen LogP contribution is -2.23. The number of hydrogen-bond donors (Lipinski definition) is 1. The largest absolute Gasteiger partial charge is 0.468 e. The number of ether oxygens (including phenoxy) is 1. The number of halogens is 3. The smallest absolute Gasteiger partial charge is 0.422 e. The van der Waals surface area contributed by atoms with Crippen molar-refractivity contribution in [3.63, 3.8) is 0 Å². The molecule has 1 N–H and O–H groups in total. The van der Waals surface area contributed by atoms with Gasteiger partial charge < -0.3 is 15.0 Å². The number of rotatable bonds is 4. The van der Waals surface area contributed by atoms with Gasteiger partial charge in [-0.3, -0.25) is 0 Å². The third-order valence-electron chi connectivity index (χ3n) is 2.88. The zero-order chi connectivity index (χ0) is 13.9. The van der Waals surface area contributed by atoms with Crippen LogP contribution in [0.2, 0.25) is 0 Å². The van der Waals surface area contributed by atoms with E-state index in [9.17, 15) is 13.2 Å². The van der Waals surface area contributed by atoms with Crippen LogP contribution in [0.25, 0.3) is 0 Å². The van der Waals surface area contributed by atoms with E-state index in [2.05, 4.69) is 19.9 Å². The van der Waals surface area contributed by atoms with Crippen LogP contribution in [-0.2, 0) is 0 Å². The van der Waals surface area contributed by atoms with E-state index in [4.69, 9.17) is 0 Å². The summed E-state index contributed by atoms with van der Waals surface area (Å²) in [5.74, 6) is -0.0218. The first-order valence-electron chi connectivity index (χ1n) is 6.03. The van der Waals surface area contributed by atoms with Gasteiger partial charge in [0.1, 0.15) is 0 Å². The molecule has 2 rings (SSSR count). The maximum absolute atomic E-state index is 12.0. The number of pyridine rings is 1. The molecule has 1 aliphatic heterocycles. The summed E-state index contributed by atoms with van der Waals surface area (Å²) in [4.78, 5) is 6.06. The van der Waals surface area contributed by atoms with Gasteiger partial charge >= 0.3 is 6.18 Å². The van der Waals surface area contributed by atoms with Gasteiger partial charge in [0.25, 0.3) is 0 Å². The monoisotopic (exact) mass is 275 g/mol. The van der Waals surface area contributed by atoms with E-state index in [0.717, 1.165) is 25.2 Å². The Labute approximate surface area is 109 Å². The molecule has 0 aromatic carbocycles. The van der Waals surface area contributed by atoms with Crippen LogP contribution < -0.4 is 10.1 Å². The van der Waals surface area contributed by atoms with Crippen molar-refractivity contribution in [2.75, 3.05) is 32.1 Å². The molecule has 1 aromatic heterocycles. The molecule has 19 heavy (non-hydrogen) atoms. The molecule has 1 saturated heterocycles. The quantitative estimate of drug-likeness (QED) is 0.913. The van der Waals surface area contributed by atoms with Gasteiger partial charge in [0.05, 0.1) is 11.9 Å². The van der Waals surface area contributed by atoms with Crippen LogP contribution in [0.1, 0.15) is 6.42 Å². The summed E-state index contributed by atoms with van der Waals surface area (Å²) in [6.07, 6.45) is -1.81. The molecule has 0 saturated carbocycles. The average Bonchev–Trinajstić information content (AvgIpc) is 2.73. The molecule has 1 fully saturated rings. The molecule has 1 atom stereocenters. The van der Waals surface area contributed by atoms with E-state index in [1.165, 1.54) is 12.3 Å². The highest BCUT2D eigenvalue weighted by Gasteiger charge is 2.28. The van der Waals surface area contributed by atoms with E-state index in [-0.39, 0.29) is 5.88 Å². The summed E-state index contributed by atoms with van der Waals surface area (Å²) < 4.78 is 40.4. The van der Waals surface area contributed by atoms with E-state index >= 15 is 0 Å². The normalized spacial score (nSPS) is 20.5. The highest BCUT2D eigenvalue weighted by Crippen LogP contribution is 2.19. The van der Waals surface area contributed by atoms with Crippen molar-refractivity contribution >= 4 is 5.69 Å². The second kappa shape index (κ2) is 5.64. The molecule has 0 amide bonds. The van der Waals surface area contributed by atoms with Crippen LogP contribution in [0.4, 0.5) is 18.9 Å². The van der Waals surface area contributed by atoms with Crippen molar-refractivity contribution in [3.05, 3.63) is 18.3 Å². The maximum atomic E-state index is 12.0. The number of nitrogens with one attached hydrogen (secondary N) is 1. The number of likely N-dealkylation sites (N-methyl/N-ethyl adjacent to an activating group) is 1.